The van der Waals surface area contributed by atoms with Gasteiger partial charge in [0, 0.05) is 52.0 Å². The zero-order valence-corrected chi connectivity index (χ0v) is 22.0. The van der Waals surface area contributed by atoms with Crippen LogP contribution in [0.4, 0.5) is 4.39 Å². The molecule has 0 aliphatic carbocycles. The molecule has 0 radical (unpaired) electrons. The van der Waals surface area contributed by atoms with Gasteiger partial charge in [0.15, 0.2) is 5.78 Å². The summed E-state index contributed by atoms with van der Waals surface area (Å²) in [5, 5.41) is 15.0. The fourth-order valence-corrected chi connectivity index (χ4v) is 4.71. The number of rotatable bonds is 11. The van der Waals surface area contributed by atoms with Gasteiger partial charge in [-0.05, 0) is 66.6 Å². The highest BCUT2D eigenvalue weighted by atomic mass is 19.1. The van der Waals surface area contributed by atoms with Gasteiger partial charge in [0.1, 0.15) is 17.6 Å². The third-order valence-electron chi connectivity index (χ3n) is 6.77. The SMILES string of the molecule is CC(=CC(=O)c1ccc(F)cc1)NC(Cc1ccc(OCCc2ccc3c(c2)[nH]c2ccccc23)cc1)C(=O)O. The van der Waals surface area contributed by atoms with Crippen LogP contribution in [0.1, 0.15) is 28.4 Å². The van der Waals surface area contributed by atoms with Crippen LogP contribution >= 0.6 is 0 Å². The third-order valence-corrected chi connectivity index (χ3v) is 6.77. The summed E-state index contributed by atoms with van der Waals surface area (Å²) in [5.41, 5.74) is 4.95. The molecule has 202 valence electrons. The van der Waals surface area contributed by atoms with Crippen molar-refractivity contribution in [2.75, 3.05) is 6.61 Å². The van der Waals surface area contributed by atoms with E-state index in [1.165, 1.54) is 46.7 Å². The summed E-state index contributed by atoms with van der Waals surface area (Å²) in [6, 6.07) is 26.3. The van der Waals surface area contributed by atoms with Gasteiger partial charge in [-0.1, -0.05) is 42.5 Å². The Morgan fingerprint density at radius 3 is 2.38 bits per heavy atom. The highest BCUT2D eigenvalue weighted by molar-refractivity contribution is 6.07. The second-order valence-electron chi connectivity index (χ2n) is 9.73. The first kappa shape index (κ1) is 26.7. The summed E-state index contributed by atoms with van der Waals surface area (Å²) >= 11 is 0. The molecule has 1 unspecified atom stereocenters. The molecule has 0 aliphatic heterocycles. The van der Waals surface area contributed by atoms with Gasteiger partial charge < -0.3 is 20.1 Å². The smallest absolute Gasteiger partial charge is 0.326 e. The van der Waals surface area contributed by atoms with Crippen LogP contribution in [0.2, 0.25) is 0 Å². The van der Waals surface area contributed by atoms with Crippen LogP contribution in [0.3, 0.4) is 0 Å². The first-order valence-electron chi connectivity index (χ1n) is 13.0. The first-order valence-corrected chi connectivity index (χ1v) is 13.0. The molecule has 0 saturated heterocycles. The number of benzene rings is 4. The van der Waals surface area contributed by atoms with Crippen LogP contribution in [0, 0.1) is 5.82 Å². The number of ether oxygens (including phenoxy) is 1. The maximum absolute atomic E-state index is 13.1. The normalized spacial score (nSPS) is 12.4. The monoisotopic (exact) mass is 536 g/mol. The average Bonchev–Trinajstić information content (AvgIpc) is 3.31. The van der Waals surface area contributed by atoms with Crippen LogP contribution in [0.25, 0.3) is 21.8 Å². The Hall–Kier alpha value is -4.91. The Labute approximate surface area is 231 Å². The highest BCUT2D eigenvalue weighted by Crippen LogP contribution is 2.26. The minimum absolute atomic E-state index is 0.218. The van der Waals surface area contributed by atoms with Crippen molar-refractivity contribution in [3.8, 4) is 5.75 Å². The number of aliphatic carboxylic acids is 1. The molecule has 1 atom stereocenters. The molecular weight excluding hydrogens is 507 g/mol. The van der Waals surface area contributed by atoms with E-state index >= 15 is 0 Å². The fourth-order valence-electron chi connectivity index (χ4n) is 4.71. The van der Waals surface area contributed by atoms with Crippen molar-refractivity contribution in [2.45, 2.75) is 25.8 Å². The number of carbonyl (C=O) groups excluding carboxylic acids is 1. The van der Waals surface area contributed by atoms with E-state index in [0.29, 0.717) is 23.6 Å². The summed E-state index contributed by atoms with van der Waals surface area (Å²) in [4.78, 5) is 27.7. The number of nitrogens with one attached hydrogen (secondary N) is 2. The number of carboxylic acid groups (broad SMARTS) is 1. The Balaban J connectivity index is 1.15. The Morgan fingerprint density at radius 1 is 0.925 bits per heavy atom. The molecule has 5 rings (SSSR count). The average molecular weight is 537 g/mol. The number of para-hydroxylation sites is 1. The minimum Gasteiger partial charge on any atom is -0.493 e. The number of H-pyrrole nitrogens is 1. The molecule has 1 aromatic heterocycles. The molecule has 3 N–H and O–H groups in total. The topological polar surface area (TPSA) is 91.4 Å². The first-order chi connectivity index (χ1) is 19.4. The van der Waals surface area contributed by atoms with E-state index in [1.807, 2.05) is 36.4 Å². The van der Waals surface area contributed by atoms with Gasteiger partial charge in [0.2, 0.25) is 0 Å². The van der Waals surface area contributed by atoms with Gasteiger partial charge in [0.05, 0.1) is 6.61 Å². The number of hydrogen-bond acceptors (Lipinski definition) is 4. The number of carboxylic acids is 1. The number of halogens is 1. The predicted molar refractivity (Wildman–Crippen MR) is 154 cm³/mol. The van der Waals surface area contributed by atoms with Crippen molar-refractivity contribution in [3.63, 3.8) is 0 Å². The lowest BCUT2D eigenvalue weighted by atomic mass is 10.0. The Bertz CT molecular complexity index is 1690. The molecule has 0 saturated carbocycles. The maximum atomic E-state index is 13.1. The summed E-state index contributed by atoms with van der Waals surface area (Å²) in [6.07, 6.45) is 2.28. The van der Waals surface area contributed by atoms with E-state index in [4.69, 9.17) is 4.74 Å². The number of aromatic nitrogens is 1. The lowest BCUT2D eigenvalue weighted by Gasteiger charge is -2.16. The molecule has 5 aromatic rings. The molecule has 0 aliphatic rings. The molecule has 4 aromatic carbocycles. The molecule has 0 fully saturated rings. The van der Waals surface area contributed by atoms with Crippen molar-refractivity contribution >= 4 is 33.6 Å². The van der Waals surface area contributed by atoms with E-state index in [2.05, 4.69) is 40.6 Å². The van der Waals surface area contributed by atoms with Gasteiger partial charge in [-0.25, -0.2) is 9.18 Å². The predicted octanol–water partition coefficient (Wildman–Crippen LogP) is 6.45. The van der Waals surface area contributed by atoms with E-state index in [1.54, 1.807) is 6.92 Å². The van der Waals surface area contributed by atoms with Crippen molar-refractivity contribution < 1.29 is 23.8 Å². The summed E-state index contributed by atoms with van der Waals surface area (Å²) < 4.78 is 19.0. The van der Waals surface area contributed by atoms with Crippen molar-refractivity contribution in [2.24, 2.45) is 0 Å². The number of ketones is 1. The van der Waals surface area contributed by atoms with Gasteiger partial charge in [0.25, 0.3) is 0 Å². The summed E-state index contributed by atoms with van der Waals surface area (Å²) in [7, 11) is 0. The second-order valence-corrected chi connectivity index (χ2v) is 9.73. The van der Waals surface area contributed by atoms with Crippen molar-refractivity contribution in [1.82, 2.24) is 10.3 Å². The molecule has 7 heteroatoms. The van der Waals surface area contributed by atoms with E-state index in [0.717, 1.165) is 23.0 Å². The molecule has 1 heterocycles. The van der Waals surface area contributed by atoms with E-state index in [-0.39, 0.29) is 12.2 Å². The summed E-state index contributed by atoms with van der Waals surface area (Å²) in [5.74, 6) is -1.09. The number of aromatic amines is 1. The lowest BCUT2D eigenvalue weighted by Crippen LogP contribution is -2.37. The second kappa shape index (κ2) is 11.9. The highest BCUT2D eigenvalue weighted by Gasteiger charge is 2.18. The van der Waals surface area contributed by atoms with Gasteiger partial charge in [-0.3, -0.25) is 4.79 Å². The van der Waals surface area contributed by atoms with E-state index in [9.17, 15) is 19.1 Å². The molecule has 6 nitrogen and oxygen atoms in total. The molecular formula is C33H29FN2O4. The van der Waals surface area contributed by atoms with Crippen LogP contribution in [-0.2, 0) is 17.6 Å². The number of carbonyl (C=O) groups is 2. The van der Waals surface area contributed by atoms with Gasteiger partial charge in [-0.2, -0.15) is 0 Å². The van der Waals surface area contributed by atoms with Crippen molar-refractivity contribution in [1.29, 1.82) is 0 Å². The number of allylic oxidation sites excluding steroid dienone is 2. The maximum Gasteiger partial charge on any atom is 0.326 e. The lowest BCUT2D eigenvalue weighted by molar-refractivity contribution is -0.139. The number of hydrogen-bond donors (Lipinski definition) is 3. The van der Waals surface area contributed by atoms with Gasteiger partial charge in [-0.15, -0.1) is 0 Å². The van der Waals surface area contributed by atoms with Gasteiger partial charge >= 0.3 is 5.97 Å². The number of fused-ring (bicyclic) bond motifs is 3. The molecule has 0 amide bonds. The van der Waals surface area contributed by atoms with Crippen LogP contribution < -0.4 is 10.1 Å². The quantitative estimate of drug-likeness (QED) is 0.133. The Morgan fingerprint density at radius 2 is 1.62 bits per heavy atom. The van der Waals surface area contributed by atoms with Crippen LogP contribution in [0.5, 0.6) is 5.75 Å². The zero-order chi connectivity index (χ0) is 28.1. The minimum atomic E-state index is -1.03. The largest absolute Gasteiger partial charge is 0.493 e. The fraction of sp³-hybridized carbons (Fsp3) is 0.152. The van der Waals surface area contributed by atoms with E-state index < -0.39 is 17.8 Å². The molecule has 0 spiro atoms. The van der Waals surface area contributed by atoms with Crippen LogP contribution in [0.15, 0.2) is 103 Å². The van der Waals surface area contributed by atoms with Crippen LogP contribution in [-0.4, -0.2) is 34.5 Å². The zero-order valence-electron chi connectivity index (χ0n) is 22.0. The molecule has 40 heavy (non-hydrogen) atoms. The third kappa shape index (κ3) is 6.38. The standard InChI is InChI=1S/C33H29FN2O4/c1-21(18-32(37)24-9-11-25(34)12-10-24)35-31(33(38)39)20-22-6-13-26(14-7-22)40-17-16-23-8-15-28-27-4-2-3-5-29(27)36-30(28)19-23/h2-15,18-19,31,35-36H,16-17,20H2,1H3,(H,38,39). The van der Waals surface area contributed by atoms with Crippen molar-refractivity contribution in [3.05, 3.63) is 125 Å². The molecule has 0 bridgehead atoms. The summed E-state index contributed by atoms with van der Waals surface area (Å²) in [6.45, 7) is 2.14. The Kier molecular flexibility index (Phi) is 7.92.